The minimum absolute atomic E-state index is 0.258. The van der Waals surface area contributed by atoms with Gasteiger partial charge in [-0.1, -0.05) is 0 Å². The molecule has 0 saturated carbocycles. The summed E-state index contributed by atoms with van der Waals surface area (Å²) in [4.78, 5) is 27.1. The second-order valence-corrected chi connectivity index (χ2v) is 7.78. The first kappa shape index (κ1) is 18.2. The van der Waals surface area contributed by atoms with Gasteiger partial charge in [-0.3, -0.25) is 0 Å². The lowest BCUT2D eigenvalue weighted by atomic mass is 10.2. The van der Waals surface area contributed by atoms with Crippen LogP contribution in [0.25, 0.3) is 11.2 Å². The third kappa shape index (κ3) is 3.39. The Bertz CT molecular complexity index is 1000. The molecule has 9 nitrogen and oxygen atoms in total. The zero-order valence-corrected chi connectivity index (χ0v) is 17.0. The number of ether oxygens (including phenoxy) is 1. The number of piperazine rings is 1. The van der Waals surface area contributed by atoms with Crippen LogP contribution in [0.1, 0.15) is 24.1 Å². The van der Waals surface area contributed by atoms with Gasteiger partial charge in [-0.25, -0.2) is 24.9 Å². The van der Waals surface area contributed by atoms with Crippen molar-refractivity contribution in [3.63, 3.8) is 0 Å². The van der Waals surface area contributed by atoms with Crippen LogP contribution < -0.4 is 9.80 Å². The molecule has 3 aromatic rings. The Balaban J connectivity index is 1.34. The van der Waals surface area contributed by atoms with Crippen LogP contribution in [0, 0.1) is 13.8 Å². The predicted octanol–water partition coefficient (Wildman–Crippen LogP) is 1.74. The molecule has 0 aliphatic carbocycles. The van der Waals surface area contributed by atoms with E-state index < -0.39 is 0 Å². The minimum atomic E-state index is 0.258. The molecule has 1 unspecified atom stereocenters. The first-order valence-electron chi connectivity index (χ1n) is 10.3. The van der Waals surface area contributed by atoms with Gasteiger partial charge in [0.05, 0.1) is 19.0 Å². The highest BCUT2D eigenvalue weighted by atomic mass is 16.5. The largest absolute Gasteiger partial charge is 0.376 e. The molecule has 0 spiro atoms. The molecule has 5 rings (SSSR count). The number of rotatable bonds is 4. The second-order valence-electron chi connectivity index (χ2n) is 7.78. The fourth-order valence-electron chi connectivity index (χ4n) is 4.22. The van der Waals surface area contributed by atoms with Crippen LogP contribution in [0.3, 0.4) is 0 Å². The summed E-state index contributed by atoms with van der Waals surface area (Å²) in [6.45, 7) is 9.28. The van der Waals surface area contributed by atoms with Crippen LogP contribution in [0.2, 0.25) is 0 Å². The zero-order valence-electron chi connectivity index (χ0n) is 17.0. The van der Waals surface area contributed by atoms with Gasteiger partial charge in [-0.05, 0) is 26.7 Å². The van der Waals surface area contributed by atoms with Crippen molar-refractivity contribution in [3.8, 4) is 0 Å². The third-order valence-electron chi connectivity index (χ3n) is 5.99. The number of fused-ring (bicyclic) bond motifs is 1. The van der Waals surface area contributed by atoms with Gasteiger partial charge in [0.15, 0.2) is 17.0 Å². The summed E-state index contributed by atoms with van der Waals surface area (Å²) in [6, 6.07) is 0. The Morgan fingerprint density at radius 2 is 1.66 bits per heavy atom. The molecular weight excluding hydrogens is 368 g/mol. The molecule has 2 saturated heterocycles. The van der Waals surface area contributed by atoms with E-state index in [9.17, 15) is 0 Å². The highest BCUT2D eigenvalue weighted by molar-refractivity contribution is 5.83. The molecule has 0 aromatic carbocycles. The molecule has 2 fully saturated rings. The average Bonchev–Trinajstić information content (AvgIpc) is 3.41. The summed E-state index contributed by atoms with van der Waals surface area (Å²) in [5.41, 5.74) is 3.94. The van der Waals surface area contributed by atoms with E-state index in [1.807, 2.05) is 13.3 Å². The van der Waals surface area contributed by atoms with E-state index in [1.54, 1.807) is 12.7 Å². The summed E-state index contributed by atoms with van der Waals surface area (Å²) in [6.07, 6.45) is 7.66. The highest BCUT2D eigenvalue weighted by Gasteiger charge is 2.24. The number of anilines is 2. The van der Waals surface area contributed by atoms with Crippen molar-refractivity contribution in [1.82, 2.24) is 29.5 Å². The third-order valence-corrected chi connectivity index (χ3v) is 5.99. The van der Waals surface area contributed by atoms with Gasteiger partial charge in [0, 0.05) is 44.0 Å². The van der Waals surface area contributed by atoms with Crippen molar-refractivity contribution in [3.05, 3.63) is 30.2 Å². The SMILES string of the molecule is Cc1ncnc(N2CCN(c3ncnc4c3ncn4CC3CCCO3)CC2)c1C. The number of hydrogen-bond donors (Lipinski definition) is 0. The standard InChI is InChI=1S/C20H26N8O/c1-14-15(2)21-11-22-18(14)26-5-7-27(8-6-26)19-17-20(24-12-23-19)28(13-25-17)10-16-4-3-9-29-16/h11-13,16H,3-10H2,1-2H3. The number of imidazole rings is 1. The minimum Gasteiger partial charge on any atom is -0.376 e. The van der Waals surface area contributed by atoms with Gasteiger partial charge in [-0.2, -0.15) is 0 Å². The van der Waals surface area contributed by atoms with E-state index in [1.165, 1.54) is 0 Å². The predicted molar refractivity (Wildman–Crippen MR) is 110 cm³/mol. The van der Waals surface area contributed by atoms with E-state index in [-0.39, 0.29) is 6.10 Å². The fourth-order valence-corrected chi connectivity index (χ4v) is 4.22. The Labute approximate surface area is 169 Å². The quantitative estimate of drug-likeness (QED) is 0.662. The van der Waals surface area contributed by atoms with Crippen molar-refractivity contribution in [1.29, 1.82) is 0 Å². The van der Waals surface area contributed by atoms with Crippen LogP contribution >= 0.6 is 0 Å². The molecule has 3 aromatic heterocycles. The van der Waals surface area contributed by atoms with E-state index in [0.717, 1.165) is 86.2 Å². The monoisotopic (exact) mass is 394 g/mol. The number of hydrogen-bond acceptors (Lipinski definition) is 8. The van der Waals surface area contributed by atoms with Crippen LogP contribution in [0.15, 0.2) is 19.0 Å². The van der Waals surface area contributed by atoms with Crippen LogP contribution in [0.5, 0.6) is 0 Å². The van der Waals surface area contributed by atoms with Crippen molar-refractivity contribution in [2.24, 2.45) is 0 Å². The van der Waals surface area contributed by atoms with E-state index in [0.29, 0.717) is 0 Å². The first-order chi connectivity index (χ1) is 14.2. The van der Waals surface area contributed by atoms with Gasteiger partial charge in [0.2, 0.25) is 0 Å². The van der Waals surface area contributed by atoms with Crippen LogP contribution in [0.4, 0.5) is 11.6 Å². The van der Waals surface area contributed by atoms with Gasteiger partial charge in [0.25, 0.3) is 0 Å². The van der Waals surface area contributed by atoms with Crippen LogP contribution in [-0.4, -0.2) is 68.4 Å². The second kappa shape index (κ2) is 7.55. The van der Waals surface area contributed by atoms with Crippen LogP contribution in [-0.2, 0) is 11.3 Å². The Morgan fingerprint density at radius 1 is 0.931 bits per heavy atom. The Kier molecular flexibility index (Phi) is 4.75. The summed E-state index contributed by atoms with van der Waals surface area (Å²) in [5, 5.41) is 0. The Morgan fingerprint density at radius 3 is 2.41 bits per heavy atom. The van der Waals surface area contributed by atoms with Crippen molar-refractivity contribution < 1.29 is 4.74 Å². The van der Waals surface area contributed by atoms with Gasteiger partial charge >= 0.3 is 0 Å². The molecular formula is C20H26N8O. The lowest BCUT2D eigenvalue weighted by Crippen LogP contribution is -2.47. The number of nitrogens with zero attached hydrogens (tertiary/aromatic N) is 8. The molecule has 9 heteroatoms. The molecule has 2 aliphatic heterocycles. The summed E-state index contributed by atoms with van der Waals surface area (Å²) in [7, 11) is 0. The van der Waals surface area contributed by atoms with Gasteiger partial charge < -0.3 is 19.1 Å². The fraction of sp³-hybridized carbons (Fsp3) is 0.550. The zero-order chi connectivity index (χ0) is 19.8. The number of aryl methyl sites for hydroxylation is 1. The van der Waals surface area contributed by atoms with Gasteiger partial charge in [0.1, 0.15) is 18.5 Å². The maximum atomic E-state index is 5.78. The first-order valence-corrected chi connectivity index (χ1v) is 10.3. The summed E-state index contributed by atoms with van der Waals surface area (Å²) >= 11 is 0. The summed E-state index contributed by atoms with van der Waals surface area (Å²) < 4.78 is 7.87. The van der Waals surface area contributed by atoms with Gasteiger partial charge in [-0.15, -0.1) is 0 Å². The normalized spacial score (nSPS) is 20.0. The molecule has 0 bridgehead atoms. The molecule has 152 valence electrons. The number of aromatic nitrogens is 6. The topological polar surface area (TPSA) is 85.1 Å². The van der Waals surface area contributed by atoms with E-state index in [4.69, 9.17) is 4.74 Å². The van der Waals surface area contributed by atoms with E-state index in [2.05, 4.69) is 46.2 Å². The smallest absolute Gasteiger partial charge is 0.165 e. The van der Waals surface area contributed by atoms with Crippen molar-refractivity contribution in [2.45, 2.75) is 39.3 Å². The maximum absolute atomic E-state index is 5.78. The average molecular weight is 394 g/mol. The molecule has 0 amide bonds. The lowest BCUT2D eigenvalue weighted by Gasteiger charge is -2.36. The Hall–Kier alpha value is -2.81. The maximum Gasteiger partial charge on any atom is 0.165 e. The molecule has 0 N–H and O–H groups in total. The molecule has 0 radical (unpaired) electrons. The summed E-state index contributed by atoms with van der Waals surface area (Å²) in [5.74, 6) is 1.95. The molecule has 29 heavy (non-hydrogen) atoms. The molecule has 2 aliphatic rings. The molecule has 5 heterocycles. The highest BCUT2D eigenvalue weighted by Crippen LogP contribution is 2.26. The lowest BCUT2D eigenvalue weighted by molar-refractivity contribution is 0.0978. The molecule has 1 atom stereocenters. The van der Waals surface area contributed by atoms with E-state index >= 15 is 0 Å². The van der Waals surface area contributed by atoms with Crippen molar-refractivity contribution in [2.75, 3.05) is 42.6 Å². The van der Waals surface area contributed by atoms with Crippen molar-refractivity contribution >= 4 is 22.8 Å².